The predicted molar refractivity (Wildman–Crippen MR) is 174 cm³/mol. The second-order valence-corrected chi connectivity index (χ2v) is 14.0. The van der Waals surface area contributed by atoms with Crippen LogP contribution in [0.25, 0.3) is 0 Å². The van der Waals surface area contributed by atoms with Crippen LogP contribution in [0.5, 0.6) is 5.75 Å². The van der Waals surface area contributed by atoms with E-state index in [0.29, 0.717) is 32.3 Å². The highest BCUT2D eigenvalue weighted by molar-refractivity contribution is 7.47. The van der Waals surface area contributed by atoms with Crippen LogP contribution < -0.4 is 4.74 Å². The van der Waals surface area contributed by atoms with Crippen molar-refractivity contribution in [1.82, 2.24) is 0 Å². The van der Waals surface area contributed by atoms with Crippen molar-refractivity contribution in [2.45, 2.75) is 124 Å². The highest BCUT2D eigenvalue weighted by Gasteiger charge is 2.25. The van der Waals surface area contributed by atoms with E-state index in [1.807, 2.05) is 31.2 Å². The van der Waals surface area contributed by atoms with E-state index < -0.39 is 7.82 Å². The molecule has 0 spiro atoms. The van der Waals surface area contributed by atoms with E-state index >= 15 is 0 Å². The number of phosphoric acid groups is 1. The summed E-state index contributed by atoms with van der Waals surface area (Å²) in [7, 11) is 0.0436. The van der Waals surface area contributed by atoms with Gasteiger partial charge in [0.05, 0.1) is 47.0 Å². The lowest BCUT2D eigenvalue weighted by atomic mass is 9.94. The van der Waals surface area contributed by atoms with E-state index in [0.717, 1.165) is 41.7 Å². The van der Waals surface area contributed by atoms with E-state index in [-0.39, 0.29) is 24.9 Å². The molecule has 2 atom stereocenters. The number of carbonyl (C=O) groups excluding carboxylic acids is 1. The molecule has 0 aromatic heterocycles. The first kappa shape index (κ1) is 38.8. The Hall–Kier alpha value is -1.24. The van der Waals surface area contributed by atoms with Gasteiger partial charge in [0.25, 0.3) is 0 Å². The topological polar surface area (TPSA) is 82.1 Å². The van der Waals surface area contributed by atoms with Gasteiger partial charge in [-0.05, 0) is 49.8 Å². The average Bonchev–Trinajstić information content (AvgIpc) is 2.95. The summed E-state index contributed by atoms with van der Waals surface area (Å²) in [5.41, 5.74) is 1.03. The van der Waals surface area contributed by atoms with Crippen LogP contribution in [0, 0.1) is 5.92 Å². The molecule has 244 valence electrons. The van der Waals surface area contributed by atoms with Crippen LogP contribution >= 0.6 is 7.82 Å². The van der Waals surface area contributed by atoms with Gasteiger partial charge in [-0.15, -0.1) is 0 Å². The van der Waals surface area contributed by atoms with Gasteiger partial charge in [0, 0.05) is 19.3 Å². The zero-order valence-electron chi connectivity index (χ0n) is 27.6. The van der Waals surface area contributed by atoms with E-state index in [4.69, 9.17) is 13.8 Å². The van der Waals surface area contributed by atoms with Gasteiger partial charge in [0.1, 0.15) is 11.5 Å². The lowest BCUT2D eigenvalue weighted by Crippen LogP contribution is -2.40. The fraction of sp³-hybridized carbons (Fsp3) is 0.794. The van der Waals surface area contributed by atoms with Crippen LogP contribution in [0.2, 0.25) is 0 Å². The number of rotatable bonds is 28. The maximum absolute atomic E-state index is 12.5. The molecule has 0 radical (unpaired) electrons. The number of hydrogen-bond donors (Lipinski definition) is 1. The van der Waals surface area contributed by atoms with Gasteiger partial charge in [-0.25, -0.2) is 4.57 Å². The molecular formula is C34H63NO6P+. The van der Waals surface area contributed by atoms with Gasteiger partial charge in [-0.3, -0.25) is 13.8 Å². The summed E-state index contributed by atoms with van der Waals surface area (Å²) in [6.07, 6.45) is 17.2. The van der Waals surface area contributed by atoms with Crippen LogP contribution in [0.1, 0.15) is 123 Å². The molecule has 0 heterocycles. The van der Waals surface area contributed by atoms with Crippen molar-refractivity contribution in [3.63, 3.8) is 0 Å². The van der Waals surface area contributed by atoms with Crippen molar-refractivity contribution < 1.29 is 32.5 Å². The highest BCUT2D eigenvalue weighted by Crippen LogP contribution is 2.44. The fourth-order valence-corrected chi connectivity index (χ4v) is 5.85. The van der Waals surface area contributed by atoms with Crippen LogP contribution in [0.4, 0.5) is 0 Å². The van der Waals surface area contributed by atoms with E-state index in [1.165, 1.54) is 64.2 Å². The van der Waals surface area contributed by atoms with Gasteiger partial charge in [0.2, 0.25) is 0 Å². The number of Topliss-reactive ketones (excluding diaryl/α,β-unsaturated/α-hetero) is 1. The predicted octanol–water partition coefficient (Wildman–Crippen LogP) is 8.91. The molecule has 1 aromatic carbocycles. The van der Waals surface area contributed by atoms with Crippen LogP contribution in [-0.4, -0.2) is 62.2 Å². The fourth-order valence-electron chi connectivity index (χ4n) is 5.01. The minimum absolute atomic E-state index is 0.0103. The smallest absolute Gasteiger partial charge is 0.472 e. The van der Waals surface area contributed by atoms with Crippen molar-refractivity contribution in [1.29, 1.82) is 0 Å². The first-order valence-electron chi connectivity index (χ1n) is 16.8. The normalized spacial score (nSPS) is 14.0. The molecular weight excluding hydrogens is 549 g/mol. The zero-order valence-corrected chi connectivity index (χ0v) is 28.5. The number of benzene rings is 1. The first-order valence-corrected chi connectivity index (χ1v) is 18.3. The lowest BCUT2D eigenvalue weighted by molar-refractivity contribution is -0.888. The third-order valence-corrected chi connectivity index (χ3v) is 8.96. The summed E-state index contributed by atoms with van der Waals surface area (Å²) in [5, 5.41) is 0. The van der Waals surface area contributed by atoms with Gasteiger partial charge < -0.3 is 14.1 Å². The molecule has 0 fully saturated rings. The average molecular weight is 613 g/mol. The first-order chi connectivity index (χ1) is 20.1. The quantitative estimate of drug-likeness (QED) is 0.0578. The molecule has 0 aliphatic heterocycles. The molecule has 1 N–H and O–H groups in total. The number of carbonyl (C=O) groups is 1. The molecule has 0 saturated carbocycles. The van der Waals surface area contributed by atoms with Crippen molar-refractivity contribution in [2.75, 3.05) is 47.0 Å². The summed E-state index contributed by atoms with van der Waals surface area (Å²) >= 11 is 0. The summed E-state index contributed by atoms with van der Waals surface area (Å²) in [5.74, 6) is 0.748. The summed E-state index contributed by atoms with van der Waals surface area (Å²) in [6, 6.07) is 7.95. The maximum atomic E-state index is 12.5. The van der Waals surface area contributed by atoms with Gasteiger partial charge in [-0.1, -0.05) is 90.2 Å². The lowest BCUT2D eigenvalue weighted by Gasteiger charge is -2.28. The number of hydrogen-bond acceptors (Lipinski definition) is 5. The van der Waals surface area contributed by atoms with Crippen LogP contribution in [-0.2, 0) is 24.8 Å². The molecule has 0 aliphatic carbocycles. The second kappa shape index (κ2) is 23.2. The van der Waals surface area contributed by atoms with Crippen molar-refractivity contribution in [3.8, 4) is 5.75 Å². The largest absolute Gasteiger partial charge is 0.494 e. The summed E-state index contributed by atoms with van der Waals surface area (Å²) in [6.45, 7) is 9.03. The van der Waals surface area contributed by atoms with Gasteiger partial charge in [-0.2, -0.15) is 0 Å². The molecule has 7 nitrogen and oxygen atoms in total. The Morgan fingerprint density at radius 1 is 0.857 bits per heavy atom. The van der Waals surface area contributed by atoms with E-state index in [9.17, 15) is 14.3 Å². The van der Waals surface area contributed by atoms with E-state index in [2.05, 4.69) is 27.9 Å². The van der Waals surface area contributed by atoms with Crippen LogP contribution in [0.15, 0.2) is 24.3 Å². The minimum atomic E-state index is -4.19. The van der Waals surface area contributed by atoms with Crippen molar-refractivity contribution in [2.24, 2.45) is 5.92 Å². The zero-order chi connectivity index (χ0) is 31.1. The standard InChI is InChI=1S/C34H62NO6P/c1-6-9-10-11-12-13-14-15-16-17-18-25-39-34-23-19-22-31(29-34)27-32(28-33(36)21-7-2)30-41-42(37,38)40-26-20-24-35(4,5)8-3/h19,22-23,29,32H,6-18,20-21,24-28,30H2,1-5H3/p+1. The number of quaternary nitrogens is 1. The Morgan fingerprint density at radius 3 is 2.12 bits per heavy atom. The molecule has 8 heteroatoms. The Balaban J connectivity index is 2.47. The Bertz CT molecular complexity index is 877. The van der Waals surface area contributed by atoms with Crippen LogP contribution in [0.3, 0.4) is 0 Å². The van der Waals surface area contributed by atoms with Crippen molar-refractivity contribution >= 4 is 13.6 Å². The molecule has 0 bridgehead atoms. The third-order valence-electron chi connectivity index (χ3n) is 7.98. The Kier molecular flexibility index (Phi) is 21.4. The second-order valence-electron chi connectivity index (χ2n) is 12.5. The minimum Gasteiger partial charge on any atom is -0.494 e. The van der Waals surface area contributed by atoms with Gasteiger partial charge >= 0.3 is 7.82 Å². The molecule has 0 saturated heterocycles. The van der Waals surface area contributed by atoms with Gasteiger partial charge in [0.15, 0.2) is 0 Å². The monoisotopic (exact) mass is 612 g/mol. The Morgan fingerprint density at radius 2 is 1.50 bits per heavy atom. The molecule has 0 aliphatic rings. The molecule has 0 amide bonds. The SMILES string of the molecule is CCCCCCCCCCCCCOc1cccc(CC(COP(=O)(O)OCCC[N+](C)(C)CC)CC(=O)CCC)c1. The number of ether oxygens (including phenoxy) is 1. The number of ketones is 1. The number of unbranched alkanes of at least 4 members (excludes halogenated alkanes) is 10. The molecule has 42 heavy (non-hydrogen) atoms. The molecule has 1 rings (SSSR count). The molecule has 2 unspecified atom stereocenters. The highest BCUT2D eigenvalue weighted by atomic mass is 31.2. The number of nitrogens with zero attached hydrogens (tertiary/aromatic N) is 1. The summed E-state index contributed by atoms with van der Waals surface area (Å²) < 4.78 is 30.0. The van der Waals surface area contributed by atoms with E-state index in [1.54, 1.807) is 0 Å². The summed E-state index contributed by atoms with van der Waals surface area (Å²) in [4.78, 5) is 22.7. The van der Waals surface area contributed by atoms with Crippen molar-refractivity contribution in [3.05, 3.63) is 29.8 Å². The molecule has 1 aromatic rings. The third kappa shape index (κ3) is 20.6. The Labute approximate surface area is 257 Å². The maximum Gasteiger partial charge on any atom is 0.472 e. The number of phosphoric ester groups is 1.